The number of carbonyl (C=O) groups is 2. The van der Waals surface area contributed by atoms with E-state index < -0.39 is 12.0 Å². The van der Waals surface area contributed by atoms with Crippen LogP contribution < -0.4 is 0 Å². The molecule has 132 valence electrons. The summed E-state index contributed by atoms with van der Waals surface area (Å²) in [6, 6.07) is 3.47. The highest BCUT2D eigenvalue weighted by molar-refractivity contribution is 7.16. The number of hydrogen-bond acceptors (Lipinski definition) is 4. The molecule has 2 aliphatic rings. The highest BCUT2D eigenvalue weighted by atomic mass is 35.5. The Labute approximate surface area is 151 Å². The van der Waals surface area contributed by atoms with Crippen LogP contribution in [-0.4, -0.2) is 52.5 Å². The van der Waals surface area contributed by atoms with Gasteiger partial charge in [-0.25, -0.2) is 0 Å². The van der Waals surface area contributed by atoms with Crippen LogP contribution in [0.1, 0.15) is 37.0 Å². The van der Waals surface area contributed by atoms with Gasteiger partial charge in [0.2, 0.25) is 5.91 Å². The smallest absolute Gasteiger partial charge is 0.320 e. The maximum Gasteiger partial charge on any atom is 0.320 e. The molecular weight excluding hydrogens is 348 g/mol. The van der Waals surface area contributed by atoms with Gasteiger partial charge in [0.25, 0.3) is 0 Å². The van der Waals surface area contributed by atoms with Crippen LogP contribution in [0.25, 0.3) is 0 Å². The number of halogens is 1. The van der Waals surface area contributed by atoms with Crippen molar-refractivity contribution in [2.75, 3.05) is 13.6 Å². The van der Waals surface area contributed by atoms with Gasteiger partial charge in [-0.2, -0.15) is 0 Å². The fourth-order valence-electron chi connectivity index (χ4n) is 4.06. The Bertz CT molecular complexity index is 621. The zero-order valence-electron chi connectivity index (χ0n) is 13.8. The number of carboxylic acid groups (broad SMARTS) is 1. The van der Waals surface area contributed by atoms with E-state index in [2.05, 4.69) is 0 Å². The van der Waals surface area contributed by atoms with Gasteiger partial charge in [0.15, 0.2) is 0 Å². The van der Waals surface area contributed by atoms with Crippen LogP contribution in [0.5, 0.6) is 0 Å². The SMILES string of the molecule is CN(Cc1ccc(Cl)s1)C(=O)CN1C(C(=O)O)CC2CCCCC21. The molecule has 0 radical (unpaired) electrons. The Hall–Kier alpha value is -1.11. The summed E-state index contributed by atoms with van der Waals surface area (Å²) in [5.41, 5.74) is 0. The molecule has 0 bridgehead atoms. The summed E-state index contributed by atoms with van der Waals surface area (Å²) in [5.74, 6) is -0.407. The van der Waals surface area contributed by atoms with Gasteiger partial charge >= 0.3 is 5.97 Å². The largest absolute Gasteiger partial charge is 0.480 e. The first kappa shape index (κ1) is 17.7. The maximum atomic E-state index is 12.6. The van der Waals surface area contributed by atoms with E-state index in [1.54, 1.807) is 11.9 Å². The fraction of sp³-hybridized carbons (Fsp3) is 0.647. The molecule has 0 spiro atoms. The van der Waals surface area contributed by atoms with Crippen molar-refractivity contribution in [3.05, 3.63) is 21.3 Å². The molecule has 1 aliphatic carbocycles. The minimum absolute atomic E-state index is 0.0306. The van der Waals surface area contributed by atoms with Crippen LogP contribution in [0.2, 0.25) is 4.34 Å². The lowest BCUT2D eigenvalue weighted by molar-refractivity contribution is -0.144. The van der Waals surface area contributed by atoms with Crippen LogP contribution in [-0.2, 0) is 16.1 Å². The molecule has 1 aromatic heterocycles. The molecule has 1 N–H and O–H groups in total. The Morgan fingerprint density at radius 2 is 2.12 bits per heavy atom. The minimum atomic E-state index is -0.801. The van der Waals surface area contributed by atoms with E-state index in [-0.39, 0.29) is 18.5 Å². The van der Waals surface area contributed by atoms with Crippen molar-refractivity contribution in [1.82, 2.24) is 9.80 Å². The fourth-order valence-corrected chi connectivity index (χ4v) is 5.20. The Morgan fingerprint density at radius 3 is 2.79 bits per heavy atom. The summed E-state index contributed by atoms with van der Waals surface area (Å²) in [4.78, 5) is 28.9. The third kappa shape index (κ3) is 3.76. The number of thiophene rings is 1. The molecule has 1 saturated heterocycles. The number of likely N-dealkylation sites (N-methyl/N-ethyl adjacent to an activating group) is 1. The molecule has 7 heteroatoms. The first-order valence-electron chi connectivity index (χ1n) is 8.42. The topological polar surface area (TPSA) is 60.9 Å². The van der Waals surface area contributed by atoms with E-state index in [0.29, 0.717) is 23.2 Å². The van der Waals surface area contributed by atoms with Crippen LogP contribution in [0, 0.1) is 5.92 Å². The quantitative estimate of drug-likeness (QED) is 0.865. The van der Waals surface area contributed by atoms with Gasteiger partial charge in [0, 0.05) is 18.0 Å². The second kappa shape index (κ2) is 7.42. The van der Waals surface area contributed by atoms with Crippen LogP contribution >= 0.6 is 22.9 Å². The number of likely N-dealkylation sites (tertiary alicyclic amines) is 1. The Balaban J connectivity index is 1.65. The van der Waals surface area contributed by atoms with Crippen molar-refractivity contribution < 1.29 is 14.7 Å². The molecule has 1 amide bonds. The standard InChI is InChI=1S/C17H23ClN2O3S/c1-19(9-12-6-7-15(18)24-12)16(21)10-20-13-5-3-2-4-11(13)8-14(20)17(22)23/h6-7,11,13-14H,2-5,8-10H2,1H3,(H,22,23). The lowest BCUT2D eigenvalue weighted by Crippen LogP contribution is -2.47. The molecule has 1 saturated carbocycles. The van der Waals surface area contributed by atoms with Crippen LogP contribution in [0.3, 0.4) is 0 Å². The number of rotatable bonds is 5. The van der Waals surface area contributed by atoms with Gasteiger partial charge in [0.05, 0.1) is 17.4 Å². The first-order valence-corrected chi connectivity index (χ1v) is 9.62. The summed E-state index contributed by atoms with van der Waals surface area (Å²) in [6.07, 6.45) is 5.07. The van der Waals surface area contributed by atoms with Gasteiger partial charge in [0.1, 0.15) is 6.04 Å². The van der Waals surface area contributed by atoms with Crippen molar-refractivity contribution in [3.63, 3.8) is 0 Å². The molecule has 3 unspecified atom stereocenters. The summed E-state index contributed by atoms with van der Waals surface area (Å²) in [6.45, 7) is 0.698. The Kier molecular flexibility index (Phi) is 5.47. The van der Waals surface area contributed by atoms with Crippen molar-refractivity contribution in [2.45, 2.75) is 50.7 Å². The summed E-state index contributed by atoms with van der Waals surface area (Å²) < 4.78 is 0.710. The van der Waals surface area contributed by atoms with Crippen LogP contribution in [0.4, 0.5) is 0 Å². The third-order valence-electron chi connectivity index (χ3n) is 5.27. The van der Waals surface area contributed by atoms with Crippen LogP contribution in [0.15, 0.2) is 12.1 Å². The predicted octanol–water partition coefficient (Wildman–Crippen LogP) is 3.08. The van der Waals surface area contributed by atoms with Crippen molar-refractivity contribution in [2.24, 2.45) is 5.92 Å². The highest BCUT2D eigenvalue weighted by Gasteiger charge is 2.45. The Morgan fingerprint density at radius 1 is 1.38 bits per heavy atom. The predicted molar refractivity (Wildman–Crippen MR) is 94.3 cm³/mol. The van der Waals surface area contributed by atoms with Gasteiger partial charge in [-0.05, 0) is 37.3 Å². The number of carbonyl (C=O) groups excluding carboxylic acids is 1. The molecule has 5 nitrogen and oxygen atoms in total. The zero-order valence-corrected chi connectivity index (χ0v) is 15.4. The first-order chi connectivity index (χ1) is 11.5. The van der Waals surface area contributed by atoms with E-state index in [0.717, 1.165) is 24.1 Å². The van der Waals surface area contributed by atoms with Crippen molar-refractivity contribution >= 4 is 34.8 Å². The lowest BCUT2D eigenvalue weighted by atomic mass is 9.85. The average molecular weight is 371 g/mol. The van der Waals surface area contributed by atoms with Gasteiger partial charge in [-0.1, -0.05) is 24.4 Å². The monoisotopic (exact) mass is 370 g/mol. The molecular formula is C17H23ClN2O3S. The number of nitrogens with zero attached hydrogens (tertiary/aromatic N) is 2. The summed E-state index contributed by atoms with van der Waals surface area (Å²) in [7, 11) is 1.76. The molecule has 24 heavy (non-hydrogen) atoms. The minimum Gasteiger partial charge on any atom is -0.480 e. The second-order valence-corrected chi connectivity index (χ2v) is 8.63. The third-order valence-corrected chi connectivity index (χ3v) is 6.49. The van der Waals surface area contributed by atoms with E-state index in [4.69, 9.17) is 11.6 Å². The summed E-state index contributed by atoms with van der Waals surface area (Å²) in [5, 5.41) is 9.54. The van der Waals surface area contributed by atoms with Gasteiger partial charge in [-0.3, -0.25) is 14.5 Å². The number of carboxylic acids is 1. The molecule has 1 aromatic rings. The number of hydrogen-bond donors (Lipinski definition) is 1. The second-order valence-electron chi connectivity index (χ2n) is 6.83. The average Bonchev–Trinajstić information content (AvgIpc) is 3.11. The van der Waals surface area contributed by atoms with Gasteiger partial charge < -0.3 is 10.0 Å². The molecule has 0 aromatic carbocycles. The lowest BCUT2D eigenvalue weighted by Gasteiger charge is -2.33. The molecule has 2 fully saturated rings. The van der Waals surface area contributed by atoms with E-state index in [9.17, 15) is 14.7 Å². The summed E-state index contributed by atoms with van der Waals surface area (Å²) >= 11 is 7.40. The number of fused-ring (bicyclic) bond motifs is 1. The van der Waals surface area contributed by atoms with Gasteiger partial charge in [-0.15, -0.1) is 11.3 Å². The van der Waals surface area contributed by atoms with E-state index in [1.165, 1.54) is 17.8 Å². The van der Waals surface area contributed by atoms with E-state index >= 15 is 0 Å². The van der Waals surface area contributed by atoms with E-state index in [1.807, 2.05) is 17.0 Å². The number of amides is 1. The maximum absolute atomic E-state index is 12.6. The highest BCUT2D eigenvalue weighted by Crippen LogP contribution is 2.39. The molecule has 3 atom stereocenters. The molecule has 3 rings (SSSR count). The zero-order chi connectivity index (χ0) is 17.3. The van der Waals surface area contributed by atoms with Crippen molar-refractivity contribution in [1.29, 1.82) is 0 Å². The molecule has 1 aliphatic heterocycles. The molecule has 2 heterocycles. The normalized spacial score (nSPS) is 27.0. The van der Waals surface area contributed by atoms with Crippen molar-refractivity contribution in [3.8, 4) is 0 Å². The number of aliphatic carboxylic acids is 1.